The van der Waals surface area contributed by atoms with Crippen molar-refractivity contribution in [3.63, 3.8) is 0 Å². The van der Waals surface area contributed by atoms with Gasteiger partial charge in [0.05, 0.1) is 32.4 Å². The molecule has 2 heterocycles. The van der Waals surface area contributed by atoms with Crippen molar-refractivity contribution in [1.29, 1.82) is 0 Å². The number of morpholine rings is 1. The first kappa shape index (κ1) is 26.8. The summed E-state index contributed by atoms with van der Waals surface area (Å²) in [6.07, 6.45) is 0. The van der Waals surface area contributed by atoms with Crippen LogP contribution in [-0.4, -0.2) is 83.4 Å². The third-order valence-electron chi connectivity index (χ3n) is 5.61. The molecule has 178 valence electrons. The van der Waals surface area contributed by atoms with E-state index in [-0.39, 0.29) is 30.0 Å². The van der Waals surface area contributed by atoms with Crippen molar-refractivity contribution in [1.82, 2.24) is 20.4 Å². The van der Waals surface area contributed by atoms with Crippen molar-refractivity contribution >= 4 is 41.3 Å². The highest BCUT2D eigenvalue weighted by Crippen LogP contribution is 2.25. The van der Waals surface area contributed by atoms with Crippen molar-refractivity contribution in [2.24, 2.45) is 4.99 Å². The minimum atomic E-state index is 0. The fraction of sp³-hybridized carbons (Fsp3) is 0.522. The molecule has 32 heavy (non-hydrogen) atoms. The van der Waals surface area contributed by atoms with Gasteiger partial charge in [-0.15, -0.1) is 35.3 Å². The number of ether oxygens (including phenoxy) is 2. The van der Waals surface area contributed by atoms with E-state index in [1.54, 1.807) is 18.4 Å². The Morgan fingerprint density at radius 1 is 1.19 bits per heavy atom. The topological polar surface area (TPSA) is 61.4 Å². The summed E-state index contributed by atoms with van der Waals surface area (Å²) in [5, 5.41) is 9.19. The van der Waals surface area contributed by atoms with E-state index >= 15 is 0 Å². The Kier molecular flexibility index (Phi) is 11.7. The second kappa shape index (κ2) is 14.0. The Labute approximate surface area is 213 Å². The first-order valence-electron chi connectivity index (χ1n) is 10.7. The molecule has 0 bridgehead atoms. The zero-order valence-corrected chi connectivity index (χ0v) is 22.6. The molecule has 0 saturated carbocycles. The molecule has 2 atom stereocenters. The molecule has 2 aromatic rings. The highest BCUT2D eigenvalue weighted by Gasteiger charge is 2.24. The molecule has 0 aliphatic carbocycles. The van der Waals surface area contributed by atoms with Gasteiger partial charge in [-0.3, -0.25) is 9.89 Å². The highest BCUT2D eigenvalue weighted by atomic mass is 127. The molecule has 3 rings (SSSR count). The standard InChI is InChI=1S/C23H35N5O2S.HI/c1-24-23(25-16-20(27(2)3)18-7-5-8-19(15-18)29-4)26-17-21(22-9-6-14-31-22)28-10-12-30-13-11-28;/h5-9,14-15,20-21H,10-13,16-17H2,1-4H3,(H2,24,25,26);1H. The highest BCUT2D eigenvalue weighted by molar-refractivity contribution is 14.0. The van der Waals surface area contributed by atoms with Gasteiger partial charge in [0.2, 0.25) is 0 Å². The van der Waals surface area contributed by atoms with E-state index in [9.17, 15) is 0 Å². The molecule has 9 heteroatoms. The lowest BCUT2D eigenvalue weighted by Crippen LogP contribution is -2.47. The van der Waals surface area contributed by atoms with Crippen molar-refractivity contribution in [2.75, 3.05) is 67.6 Å². The summed E-state index contributed by atoms with van der Waals surface area (Å²) in [5.41, 5.74) is 1.21. The van der Waals surface area contributed by atoms with Crippen LogP contribution >= 0.6 is 35.3 Å². The molecule has 7 nitrogen and oxygen atoms in total. The summed E-state index contributed by atoms with van der Waals surface area (Å²) < 4.78 is 11.0. The van der Waals surface area contributed by atoms with Crippen LogP contribution in [0, 0.1) is 0 Å². The number of rotatable bonds is 9. The Hall–Kier alpha value is -1.40. The van der Waals surface area contributed by atoms with Crippen LogP contribution in [0.4, 0.5) is 0 Å². The number of likely N-dealkylation sites (N-methyl/N-ethyl adjacent to an activating group) is 1. The van der Waals surface area contributed by atoms with Crippen molar-refractivity contribution < 1.29 is 9.47 Å². The number of methoxy groups -OCH3 is 1. The molecule has 2 N–H and O–H groups in total. The summed E-state index contributed by atoms with van der Waals surface area (Å²) in [4.78, 5) is 10.5. The van der Waals surface area contributed by atoms with Crippen molar-refractivity contribution in [3.8, 4) is 5.75 Å². The normalized spacial score (nSPS) is 16.8. The van der Waals surface area contributed by atoms with Gasteiger partial charge < -0.3 is 25.0 Å². The van der Waals surface area contributed by atoms with E-state index in [2.05, 4.69) is 69.2 Å². The molecule has 0 spiro atoms. The minimum Gasteiger partial charge on any atom is -0.497 e. The number of thiophene rings is 1. The molecular formula is C23H36IN5O2S. The van der Waals surface area contributed by atoms with Gasteiger partial charge in [-0.2, -0.15) is 0 Å². The molecule has 2 unspecified atom stereocenters. The Balaban J connectivity index is 0.00000363. The average molecular weight is 574 g/mol. The maximum atomic E-state index is 5.55. The van der Waals surface area contributed by atoms with Crippen molar-refractivity contribution in [3.05, 3.63) is 52.2 Å². The second-order valence-corrected chi connectivity index (χ2v) is 8.75. The van der Waals surface area contributed by atoms with Crippen molar-refractivity contribution in [2.45, 2.75) is 12.1 Å². The largest absolute Gasteiger partial charge is 0.497 e. The molecule has 1 saturated heterocycles. The number of guanidine groups is 1. The number of benzene rings is 1. The van der Waals surface area contributed by atoms with Gasteiger partial charge in [0.15, 0.2) is 5.96 Å². The molecule has 0 radical (unpaired) electrons. The van der Waals surface area contributed by atoms with Crippen LogP contribution in [0.5, 0.6) is 5.75 Å². The van der Waals surface area contributed by atoms with E-state index in [1.807, 2.05) is 19.2 Å². The van der Waals surface area contributed by atoms with Crippen LogP contribution in [0.25, 0.3) is 0 Å². The summed E-state index contributed by atoms with van der Waals surface area (Å²) in [7, 11) is 7.70. The van der Waals surface area contributed by atoms with E-state index < -0.39 is 0 Å². The van der Waals surface area contributed by atoms with Crippen LogP contribution in [0.2, 0.25) is 0 Å². The third-order valence-corrected chi connectivity index (χ3v) is 6.58. The SMILES string of the molecule is CN=C(NCC(c1cccc(OC)c1)N(C)C)NCC(c1cccs1)N1CCOCC1.I. The lowest BCUT2D eigenvalue weighted by Gasteiger charge is -2.34. The Bertz CT molecular complexity index is 812. The monoisotopic (exact) mass is 573 g/mol. The maximum Gasteiger partial charge on any atom is 0.191 e. The number of nitrogens with one attached hydrogen (secondary N) is 2. The summed E-state index contributed by atoms with van der Waals surface area (Å²) in [6, 6.07) is 13.1. The van der Waals surface area contributed by atoms with Crippen LogP contribution in [0.3, 0.4) is 0 Å². The fourth-order valence-corrected chi connectivity index (χ4v) is 4.70. The van der Waals surface area contributed by atoms with Gasteiger partial charge in [-0.05, 0) is 43.2 Å². The molecule has 1 aromatic carbocycles. The van der Waals surface area contributed by atoms with Gasteiger partial charge in [-0.25, -0.2) is 0 Å². The van der Waals surface area contributed by atoms with E-state index in [1.165, 1.54) is 10.4 Å². The molecule has 1 fully saturated rings. The van der Waals surface area contributed by atoms with Crippen LogP contribution in [-0.2, 0) is 4.74 Å². The van der Waals surface area contributed by atoms with Crippen LogP contribution < -0.4 is 15.4 Å². The summed E-state index contributed by atoms with van der Waals surface area (Å²) in [6.45, 7) is 5.02. The van der Waals surface area contributed by atoms with Gasteiger partial charge >= 0.3 is 0 Å². The number of hydrogen-bond donors (Lipinski definition) is 2. The summed E-state index contributed by atoms with van der Waals surface area (Å²) >= 11 is 1.81. The number of hydrogen-bond acceptors (Lipinski definition) is 6. The average Bonchev–Trinajstić information content (AvgIpc) is 3.33. The number of nitrogens with zero attached hydrogens (tertiary/aromatic N) is 3. The van der Waals surface area contributed by atoms with Crippen LogP contribution in [0.15, 0.2) is 46.8 Å². The molecular weight excluding hydrogens is 537 g/mol. The Morgan fingerprint density at radius 2 is 1.94 bits per heavy atom. The lowest BCUT2D eigenvalue weighted by molar-refractivity contribution is 0.0177. The predicted molar refractivity (Wildman–Crippen MR) is 144 cm³/mol. The Morgan fingerprint density at radius 3 is 2.56 bits per heavy atom. The van der Waals surface area contributed by atoms with Gasteiger partial charge in [0.1, 0.15) is 5.75 Å². The fourth-order valence-electron chi connectivity index (χ4n) is 3.83. The lowest BCUT2D eigenvalue weighted by atomic mass is 10.1. The predicted octanol–water partition coefficient (Wildman–Crippen LogP) is 3.22. The first-order valence-corrected chi connectivity index (χ1v) is 11.6. The third kappa shape index (κ3) is 7.58. The smallest absolute Gasteiger partial charge is 0.191 e. The molecule has 1 aliphatic rings. The number of aliphatic imine (C=N–C) groups is 1. The first-order chi connectivity index (χ1) is 15.1. The maximum absolute atomic E-state index is 5.55. The molecule has 1 aromatic heterocycles. The van der Waals surface area contributed by atoms with E-state index in [0.717, 1.165) is 51.1 Å². The van der Waals surface area contributed by atoms with Gasteiger partial charge in [-0.1, -0.05) is 18.2 Å². The number of halogens is 1. The van der Waals surface area contributed by atoms with E-state index in [0.29, 0.717) is 6.04 Å². The van der Waals surface area contributed by atoms with Gasteiger partial charge in [0.25, 0.3) is 0 Å². The zero-order valence-electron chi connectivity index (χ0n) is 19.4. The van der Waals surface area contributed by atoms with E-state index in [4.69, 9.17) is 9.47 Å². The molecule has 1 aliphatic heterocycles. The second-order valence-electron chi connectivity index (χ2n) is 7.77. The zero-order chi connectivity index (χ0) is 22.1. The minimum absolute atomic E-state index is 0. The quantitative estimate of drug-likeness (QED) is 0.273. The molecule has 0 amide bonds. The van der Waals surface area contributed by atoms with Gasteiger partial charge in [0, 0.05) is 38.1 Å². The summed E-state index contributed by atoms with van der Waals surface area (Å²) in [5.74, 6) is 1.68. The van der Waals surface area contributed by atoms with Crippen LogP contribution in [0.1, 0.15) is 22.5 Å².